The maximum atomic E-state index is 12.4. The Morgan fingerprint density at radius 2 is 2.15 bits per heavy atom. The molecule has 7 heteroatoms. The van der Waals surface area contributed by atoms with Crippen LogP contribution in [0.4, 0.5) is 0 Å². The Bertz CT molecular complexity index is 701. The zero-order chi connectivity index (χ0) is 18.7. The molecule has 1 aliphatic heterocycles. The zero-order valence-corrected chi connectivity index (χ0v) is 15.9. The van der Waals surface area contributed by atoms with E-state index in [-0.39, 0.29) is 24.7 Å². The lowest BCUT2D eigenvalue weighted by atomic mass is 9.74. The first-order chi connectivity index (χ1) is 12.4. The molecule has 1 fully saturated rings. The molecule has 2 N–H and O–H groups in total. The lowest BCUT2D eigenvalue weighted by Crippen LogP contribution is -2.55. The highest BCUT2D eigenvalue weighted by atomic mass is 32.1. The van der Waals surface area contributed by atoms with E-state index in [1.165, 1.54) is 10.4 Å². The van der Waals surface area contributed by atoms with E-state index >= 15 is 0 Å². The number of amides is 2. The molecular formula is C19H26N2O4S. The molecule has 1 aromatic rings. The molecular weight excluding hydrogens is 352 g/mol. The monoisotopic (exact) mass is 378 g/mol. The molecule has 3 rings (SSSR count). The molecule has 0 spiro atoms. The number of carboxylic acids is 1. The summed E-state index contributed by atoms with van der Waals surface area (Å²) in [6.07, 6.45) is 4.19. The number of rotatable bonds is 5. The van der Waals surface area contributed by atoms with Gasteiger partial charge < -0.3 is 15.3 Å². The van der Waals surface area contributed by atoms with E-state index in [9.17, 15) is 19.5 Å². The van der Waals surface area contributed by atoms with Crippen molar-refractivity contribution in [1.82, 2.24) is 10.2 Å². The van der Waals surface area contributed by atoms with Crippen molar-refractivity contribution in [1.29, 1.82) is 0 Å². The van der Waals surface area contributed by atoms with E-state index in [2.05, 4.69) is 16.8 Å². The summed E-state index contributed by atoms with van der Waals surface area (Å²) in [6.45, 7) is 3.14. The highest BCUT2D eigenvalue weighted by molar-refractivity contribution is 7.10. The van der Waals surface area contributed by atoms with Gasteiger partial charge in [-0.05, 0) is 43.2 Å². The fourth-order valence-electron chi connectivity index (χ4n) is 4.10. The molecule has 1 saturated carbocycles. The van der Waals surface area contributed by atoms with E-state index in [1.54, 1.807) is 11.3 Å². The number of aliphatic carboxylic acids is 1. The van der Waals surface area contributed by atoms with Crippen LogP contribution in [0.2, 0.25) is 0 Å². The van der Waals surface area contributed by atoms with Crippen molar-refractivity contribution in [2.75, 3.05) is 6.54 Å². The van der Waals surface area contributed by atoms with Crippen LogP contribution in [0, 0.1) is 5.92 Å². The summed E-state index contributed by atoms with van der Waals surface area (Å²) in [6, 6.07) is 2.06. The summed E-state index contributed by atoms with van der Waals surface area (Å²) in [4.78, 5) is 39.4. The Labute approximate surface area is 157 Å². The standard InChI is InChI=1S/C19H26N2O4S/c1-19(9-3-2-4-14(19)18(24)25)20-16(22)5-6-17(23)21-10-7-15-13(12-21)8-11-26-15/h8,11,14H,2-7,9-10,12H2,1H3,(H,20,22)(H,24,25). The van der Waals surface area contributed by atoms with Crippen molar-refractivity contribution in [2.24, 2.45) is 5.92 Å². The van der Waals surface area contributed by atoms with Crippen LogP contribution in [-0.2, 0) is 27.3 Å². The van der Waals surface area contributed by atoms with Crippen LogP contribution in [-0.4, -0.2) is 39.9 Å². The second-order valence-electron chi connectivity index (χ2n) is 7.54. The number of hydrogen-bond acceptors (Lipinski definition) is 4. The Morgan fingerprint density at radius 3 is 2.92 bits per heavy atom. The SMILES string of the molecule is CC1(NC(=O)CCC(=O)N2CCc3sccc3C2)CCCCC1C(=O)O. The number of nitrogens with zero attached hydrogens (tertiary/aromatic N) is 1. The third kappa shape index (κ3) is 4.09. The van der Waals surface area contributed by atoms with Crippen LogP contribution in [0.1, 0.15) is 55.9 Å². The maximum absolute atomic E-state index is 12.4. The average molecular weight is 378 g/mol. The second-order valence-corrected chi connectivity index (χ2v) is 8.54. The topological polar surface area (TPSA) is 86.7 Å². The molecule has 0 aromatic carbocycles. The zero-order valence-electron chi connectivity index (χ0n) is 15.1. The Hall–Kier alpha value is -1.89. The van der Waals surface area contributed by atoms with Crippen molar-refractivity contribution < 1.29 is 19.5 Å². The summed E-state index contributed by atoms with van der Waals surface area (Å²) in [5.41, 5.74) is 0.485. The number of thiophene rings is 1. The average Bonchev–Trinajstić information content (AvgIpc) is 3.07. The Kier molecular flexibility index (Phi) is 5.65. The lowest BCUT2D eigenvalue weighted by molar-refractivity contribution is -0.147. The largest absolute Gasteiger partial charge is 0.481 e. The third-order valence-electron chi connectivity index (χ3n) is 5.66. The number of carbonyl (C=O) groups is 3. The lowest BCUT2D eigenvalue weighted by Gasteiger charge is -2.39. The molecule has 0 radical (unpaired) electrons. The smallest absolute Gasteiger partial charge is 0.308 e. The van der Waals surface area contributed by atoms with Gasteiger partial charge in [-0.1, -0.05) is 12.8 Å². The van der Waals surface area contributed by atoms with Crippen LogP contribution < -0.4 is 5.32 Å². The van der Waals surface area contributed by atoms with Crippen LogP contribution in [0.15, 0.2) is 11.4 Å². The predicted octanol–water partition coefficient (Wildman–Crippen LogP) is 2.56. The van der Waals surface area contributed by atoms with Gasteiger partial charge >= 0.3 is 5.97 Å². The summed E-state index contributed by atoms with van der Waals surface area (Å²) in [7, 11) is 0. The Morgan fingerprint density at radius 1 is 1.35 bits per heavy atom. The summed E-state index contributed by atoms with van der Waals surface area (Å²) in [5, 5.41) is 14.4. The van der Waals surface area contributed by atoms with Crippen molar-refractivity contribution in [3.8, 4) is 0 Å². The highest BCUT2D eigenvalue weighted by Gasteiger charge is 2.42. The summed E-state index contributed by atoms with van der Waals surface area (Å²) in [5.74, 6) is -1.67. The van der Waals surface area contributed by atoms with Gasteiger partial charge in [-0.15, -0.1) is 11.3 Å². The molecule has 2 atom stereocenters. The van der Waals surface area contributed by atoms with Gasteiger partial charge in [0.2, 0.25) is 11.8 Å². The molecule has 26 heavy (non-hydrogen) atoms. The molecule has 0 saturated heterocycles. The van der Waals surface area contributed by atoms with E-state index < -0.39 is 17.4 Å². The molecule has 2 unspecified atom stereocenters. The van der Waals surface area contributed by atoms with Crippen LogP contribution >= 0.6 is 11.3 Å². The van der Waals surface area contributed by atoms with E-state index in [0.29, 0.717) is 25.9 Å². The molecule has 0 bridgehead atoms. The third-order valence-corrected chi connectivity index (χ3v) is 6.68. The maximum Gasteiger partial charge on any atom is 0.308 e. The molecule has 142 valence electrons. The quantitative estimate of drug-likeness (QED) is 0.824. The molecule has 1 aromatic heterocycles. The van der Waals surface area contributed by atoms with Crippen molar-refractivity contribution >= 4 is 29.1 Å². The highest BCUT2D eigenvalue weighted by Crippen LogP contribution is 2.34. The van der Waals surface area contributed by atoms with Crippen LogP contribution in [0.25, 0.3) is 0 Å². The van der Waals surface area contributed by atoms with Crippen molar-refractivity contribution in [3.05, 3.63) is 21.9 Å². The van der Waals surface area contributed by atoms with Gasteiger partial charge in [-0.25, -0.2) is 0 Å². The first-order valence-corrected chi connectivity index (χ1v) is 10.1. The fraction of sp³-hybridized carbons (Fsp3) is 0.632. The number of hydrogen-bond donors (Lipinski definition) is 2. The number of carboxylic acid groups (broad SMARTS) is 1. The van der Waals surface area contributed by atoms with Gasteiger partial charge in [0.05, 0.1) is 11.5 Å². The van der Waals surface area contributed by atoms with Gasteiger partial charge in [0, 0.05) is 30.8 Å². The molecule has 2 heterocycles. The minimum atomic E-state index is -0.858. The molecule has 2 aliphatic rings. The Balaban J connectivity index is 1.51. The van der Waals surface area contributed by atoms with E-state index in [1.807, 2.05) is 11.8 Å². The first-order valence-electron chi connectivity index (χ1n) is 9.26. The number of fused-ring (bicyclic) bond motifs is 1. The molecule has 2 amide bonds. The summed E-state index contributed by atoms with van der Waals surface area (Å²) < 4.78 is 0. The van der Waals surface area contributed by atoms with Crippen molar-refractivity contribution in [2.45, 2.75) is 64.0 Å². The number of carbonyl (C=O) groups excluding carboxylic acids is 2. The predicted molar refractivity (Wildman–Crippen MR) is 98.8 cm³/mol. The minimum absolute atomic E-state index is 0.0134. The normalized spacial score (nSPS) is 25.4. The number of nitrogens with one attached hydrogen (secondary N) is 1. The van der Waals surface area contributed by atoms with Crippen LogP contribution in [0.5, 0.6) is 0 Å². The molecule has 6 nitrogen and oxygen atoms in total. The fourth-order valence-corrected chi connectivity index (χ4v) is 4.99. The van der Waals surface area contributed by atoms with E-state index in [4.69, 9.17) is 0 Å². The molecule has 1 aliphatic carbocycles. The second kappa shape index (κ2) is 7.78. The van der Waals surface area contributed by atoms with Gasteiger partial charge in [-0.3, -0.25) is 14.4 Å². The van der Waals surface area contributed by atoms with E-state index in [0.717, 1.165) is 19.3 Å². The minimum Gasteiger partial charge on any atom is -0.481 e. The van der Waals surface area contributed by atoms with Gasteiger partial charge in [0.25, 0.3) is 0 Å². The van der Waals surface area contributed by atoms with Gasteiger partial charge in [-0.2, -0.15) is 0 Å². The summed E-state index contributed by atoms with van der Waals surface area (Å²) >= 11 is 1.73. The van der Waals surface area contributed by atoms with Gasteiger partial charge in [0.1, 0.15) is 0 Å². The van der Waals surface area contributed by atoms with Crippen molar-refractivity contribution in [3.63, 3.8) is 0 Å². The first kappa shape index (κ1) is 18.9. The van der Waals surface area contributed by atoms with Gasteiger partial charge in [0.15, 0.2) is 0 Å². The van der Waals surface area contributed by atoms with Crippen LogP contribution in [0.3, 0.4) is 0 Å².